The lowest BCUT2D eigenvalue weighted by molar-refractivity contribution is -0.143. The number of carbonyl (C=O) groups is 5. The maximum Gasteiger partial charge on any atom is 0.326 e. The van der Waals surface area contributed by atoms with Crippen molar-refractivity contribution in [3.63, 3.8) is 0 Å². The number of hydrogen-bond acceptors (Lipinski definition) is 9. The van der Waals surface area contributed by atoms with Gasteiger partial charge in [0.15, 0.2) is 5.96 Å². The van der Waals surface area contributed by atoms with Crippen molar-refractivity contribution in [1.82, 2.24) is 16.0 Å². The van der Waals surface area contributed by atoms with Gasteiger partial charge in [0.1, 0.15) is 18.1 Å². The van der Waals surface area contributed by atoms with E-state index in [1.165, 1.54) is 0 Å². The van der Waals surface area contributed by atoms with Crippen LogP contribution in [0.2, 0.25) is 0 Å². The first-order valence-corrected chi connectivity index (χ1v) is 11.6. The number of carboxylic acid groups (broad SMARTS) is 1. The van der Waals surface area contributed by atoms with E-state index in [0.29, 0.717) is 25.8 Å². The van der Waals surface area contributed by atoms with Crippen molar-refractivity contribution in [3.8, 4) is 0 Å². The highest BCUT2D eigenvalue weighted by Gasteiger charge is 2.30. The summed E-state index contributed by atoms with van der Waals surface area (Å²) in [4.78, 5) is 64.3. The second-order valence-electron chi connectivity index (χ2n) is 7.71. The quantitative estimate of drug-likeness (QED) is 0.0361. The Balaban J connectivity index is 5.56. The second kappa shape index (κ2) is 17.3. The number of aliphatic imine (C=N–C) groups is 1. The first kappa shape index (κ1) is 31.9. The Morgan fingerprint density at radius 3 is 1.80 bits per heavy atom. The molecule has 200 valence electrons. The minimum absolute atomic E-state index is 0.0364. The van der Waals surface area contributed by atoms with Gasteiger partial charge in [-0.3, -0.25) is 24.2 Å². The number of unbranched alkanes of at least 4 members (excludes halogenated alkanes) is 1. The van der Waals surface area contributed by atoms with E-state index in [2.05, 4.69) is 33.6 Å². The smallest absolute Gasteiger partial charge is 0.326 e. The Morgan fingerprint density at radius 2 is 1.34 bits per heavy atom. The number of carboxylic acids is 1. The largest absolute Gasteiger partial charge is 0.480 e. The molecule has 0 aliphatic rings. The van der Waals surface area contributed by atoms with Gasteiger partial charge in [0.2, 0.25) is 23.6 Å². The lowest BCUT2D eigenvalue weighted by atomic mass is 10.0. The molecule has 4 amide bonds. The predicted octanol–water partition coefficient (Wildman–Crippen LogP) is -4.16. The molecule has 15 nitrogen and oxygen atoms in total. The summed E-state index contributed by atoms with van der Waals surface area (Å²) in [7, 11) is 0. The molecule has 0 rings (SSSR count). The molecule has 4 atom stereocenters. The zero-order valence-corrected chi connectivity index (χ0v) is 20.3. The van der Waals surface area contributed by atoms with Gasteiger partial charge >= 0.3 is 5.97 Å². The van der Waals surface area contributed by atoms with E-state index in [4.69, 9.17) is 28.7 Å². The highest BCUT2D eigenvalue weighted by molar-refractivity contribution is 7.80. The average Bonchev–Trinajstić information content (AvgIpc) is 2.78. The number of primary amides is 1. The van der Waals surface area contributed by atoms with Crippen LogP contribution >= 0.6 is 12.6 Å². The number of guanidine groups is 1. The zero-order chi connectivity index (χ0) is 27.0. The van der Waals surface area contributed by atoms with Crippen LogP contribution in [0.4, 0.5) is 0 Å². The van der Waals surface area contributed by atoms with Gasteiger partial charge in [0.25, 0.3) is 0 Å². The summed E-state index contributed by atoms with van der Waals surface area (Å²) in [5, 5.41) is 16.5. The molecular weight excluding hydrogens is 482 g/mol. The van der Waals surface area contributed by atoms with Crippen LogP contribution in [0.1, 0.15) is 38.5 Å². The van der Waals surface area contributed by atoms with Crippen LogP contribution in [0.25, 0.3) is 0 Å². The van der Waals surface area contributed by atoms with E-state index < -0.39 is 60.2 Å². The second-order valence-corrected chi connectivity index (χ2v) is 8.08. The molecule has 0 fully saturated rings. The van der Waals surface area contributed by atoms with Crippen LogP contribution in [0.3, 0.4) is 0 Å². The summed E-state index contributed by atoms with van der Waals surface area (Å²) in [6, 6.07) is -4.80. The number of thiol groups is 1. The lowest BCUT2D eigenvalue weighted by Crippen LogP contribution is -2.57. The summed E-state index contributed by atoms with van der Waals surface area (Å²) in [6.07, 6.45) is 0.908. The molecule has 0 radical (unpaired) electrons. The molecule has 0 aliphatic carbocycles. The third-order valence-electron chi connectivity index (χ3n) is 4.71. The molecule has 0 aromatic heterocycles. The van der Waals surface area contributed by atoms with Gasteiger partial charge in [0, 0.05) is 12.3 Å². The maximum absolute atomic E-state index is 13.0. The van der Waals surface area contributed by atoms with Crippen molar-refractivity contribution in [3.05, 3.63) is 0 Å². The molecule has 35 heavy (non-hydrogen) atoms. The fourth-order valence-corrected chi connectivity index (χ4v) is 3.01. The standard InChI is InChI=1S/C19H37N9O6S/c20-6-2-1-4-11(17(32)28-13(18(33)34)8-14(22)29)27-16(31)12(5-3-7-25-19(23)24)26-15(30)10(21)9-35/h10-13,35H,1-9,20-21H2,(H2,22,29)(H,26,30)(H,27,31)(H,28,32)(H,33,34)(H4,23,24,25). The highest BCUT2D eigenvalue weighted by atomic mass is 32.1. The van der Waals surface area contributed by atoms with Crippen LogP contribution in [-0.2, 0) is 24.0 Å². The van der Waals surface area contributed by atoms with Crippen LogP contribution in [0.5, 0.6) is 0 Å². The number of nitrogens with zero attached hydrogens (tertiary/aromatic N) is 1. The number of rotatable bonds is 18. The first-order chi connectivity index (χ1) is 16.4. The maximum atomic E-state index is 13.0. The van der Waals surface area contributed by atoms with Gasteiger partial charge in [-0.15, -0.1) is 0 Å². The third-order valence-corrected chi connectivity index (χ3v) is 5.10. The molecule has 0 heterocycles. The average molecular weight is 520 g/mol. The minimum atomic E-state index is -1.57. The van der Waals surface area contributed by atoms with Crippen LogP contribution in [0.15, 0.2) is 4.99 Å². The Bertz CT molecular complexity index is 763. The van der Waals surface area contributed by atoms with Gasteiger partial charge in [0.05, 0.1) is 12.5 Å². The van der Waals surface area contributed by atoms with Crippen LogP contribution in [-0.4, -0.2) is 83.7 Å². The molecule has 0 saturated heterocycles. The number of nitrogens with one attached hydrogen (secondary N) is 3. The Morgan fingerprint density at radius 1 is 0.829 bits per heavy atom. The molecule has 0 bridgehead atoms. The van der Waals surface area contributed by atoms with Gasteiger partial charge in [-0.05, 0) is 38.6 Å². The van der Waals surface area contributed by atoms with E-state index >= 15 is 0 Å². The molecule has 0 aromatic carbocycles. The number of aliphatic carboxylic acids is 1. The molecule has 4 unspecified atom stereocenters. The molecule has 0 saturated carbocycles. The monoisotopic (exact) mass is 519 g/mol. The zero-order valence-electron chi connectivity index (χ0n) is 19.4. The molecule has 0 aromatic rings. The van der Waals surface area contributed by atoms with Gasteiger partial charge in [-0.1, -0.05) is 0 Å². The fourth-order valence-electron chi connectivity index (χ4n) is 2.84. The Hall–Kier alpha value is -3.11. The topological polar surface area (TPSA) is 284 Å². The van der Waals surface area contributed by atoms with E-state index in [1.54, 1.807) is 0 Å². The summed E-state index contributed by atoms with van der Waals surface area (Å²) >= 11 is 3.96. The van der Waals surface area contributed by atoms with Crippen molar-refractivity contribution in [2.75, 3.05) is 18.8 Å². The van der Waals surface area contributed by atoms with E-state index in [-0.39, 0.29) is 31.1 Å². The highest BCUT2D eigenvalue weighted by Crippen LogP contribution is 2.06. The fraction of sp³-hybridized carbons (Fsp3) is 0.684. The van der Waals surface area contributed by atoms with Crippen LogP contribution < -0.4 is 44.6 Å². The SMILES string of the molecule is NCCCCC(NC(=O)C(CCCN=C(N)N)NC(=O)C(N)CS)C(=O)NC(CC(N)=O)C(=O)O. The van der Waals surface area contributed by atoms with Crippen molar-refractivity contribution >= 4 is 48.2 Å². The number of carbonyl (C=O) groups excluding carboxylic acids is 4. The van der Waals surface area contributed by atoms with Crippen molar-refractivity contribution in [2.45, 2.75) is 62.7 Å². The summed E-state index contributed by atoms with van der Waals surface area (Å²) in [5.74, 6) is -4.65. The number of hydrogen-bond donors (Lipinski definition) is 10. The normalized spacial score (nSPS) is 14.0. The molecule has 14 N–H and O–H groups in total. The van der Waals surface area contributed by atoms with E-state index in [1.807, 2.05) is 0 Å². The molecule has 0 spiro atoms. The Kier molecular flexibility index (Phi) is 15.8. The predicted molar refractivity (Wildman–Crippen MR) is 132 cm³/mol. The van der Waals surface area contributed by atoms with E-state index in [0.717, 1.165) is 0 Å². The molecule has 0 aliphatic heterocycles. The molecular formula is C19H37N9O6S. The number of amides is 4. The summed E-state index contributed by atoms with van der Waals surface area (Å²) in [6.45, 7) is 0.529. The summed E-state index contributed by atoms with van der Waals surface area (Å²) in [5.41, 5.74) is 26.8. The molecule has 16 heteroatoms. The first-order valence-electron chi connectivity index (χ1n) is 11.0. The number of nitrogens with two attached hydrogens (primary N) is 5. The lowest BCUT2D eigenvalue weighted by Gasteiger charge is -2.25. The third kappa shape index (κ3) is 14.0. The summed E-state index contributed by atoms with van der Waals surface area (Å²) < 4.78 is 0. The Labute approximate surface area is 208 Å². The van der Waals surface area contributed by atoms with Gasteiger partial charge in [-0.25, -0.2) is 4.79 Å². The van der Waals surface area contributed by atoms with Crippen LogP contribution in [0, 0.1) is 0 Å². The van der Waals surface area contributed by atoms with E-state index in [9.17, 15) is 29.1 Å². The van der Waals surface area contributed by atoms with Gasteiger partial charge in [-0.2, -0.15) is 12.6 Å². The van der Waals surface area contributed by atoms with Crippen molar-refractivity contribution in [2.24, 2.45) is 33.7 Å². The van der Waals surface area contributed by atoms with Crippen molar-refractivity contribution in [1.29, 1.82) is 0 Å². The van der Waals surface area contributed by atoms with Crippen molar-refractivity contribution < 1.29 is 29.1 Å². The minimum Gasteiger partial charge on any atom is -0.480 e. The van der Waals surface area contributed by atoms with Gasteiger partial charge < -0.3 is 49.7 Å².